The van der Waals surface area contributed by atoms with Crippen molar-refractivity contribution in [3.8, 4) is 11.5 Å². The number of methoxy groups -OCH3 is 2. The Labute approximate surface area is 277 Å². The third-order valence-corrected chi connectivity index (χ3v) is 7.88. The fraction of sp³-hybridized carbons (Fsp3) is 0.281. The van der Waals surface area contributed by atoms with Gasteiger partial charge in [-0.1, -0.05) is 53.5 Å². The number of carbonyl (C=O) groups excluding carboxylic acids is 2. The number of allylic oxidation sites excluding steroid dienone is 1. The standard InChI is InChI=1S/C32H34Cl2N8O4/c1-39(2)12-7-10-23(43)15-20-8-6-9-21(14-20)18-42-30-22(17-35-31(37-30)36-26-11-13-40(3)38-26)19-41(32(42)44)29-27(33)24(45-4)16-25(46-5)28(29)34/h6-11,13-14,16-17H,12,15,18-19H2,1-5H3,(H,35,36,37,38)/b10-7+. The molecule has 2 aromatic heterocycles. The maximum atomic E-state index is 14.4. The largest absolute Gasteiger partial charge is 0.495 e. The summed E-state index contributed by atoms with van der Waals surface area (Å²) in [5, 5.41) is 7.73. The van der Waals surface area contributed by atoms with Gasteiger partial charge >= 0.3 is 6.03 Å². The van der Waals surface area contributed by atoms with Crippen molar-refractivity contribution in [3.63, 3.8) is 0 Å². The van der Waals surface area contributed by atoms with E-state index in [1.165, 1.54) is 24.0 Å². The number of fused-ring (bicyclic) bond motifs is 1. The van der Waals surface area contributed by atoms with Crippen molar-refractivity contribution in [1.29, 1.82) is 0 Å². The lowest BCUT2D eigenvalue weighted by atomic mass is 10.0. The topological polar surface area (TPSA) is 118 Å². The van der Waals surface area contributed by atoms with Gasteiger partial charge in [-0.3, -0.25) is 19.3 Å². The molecule has 1 N–H and O–H groups in total. The number of likely N-dealkylation sites (N-methyl/N-ethyl adjacent to an activating group) is 1. The molecular formula is C32H34Cl2N8O4. The van der Waals surface area contributed by atoms with E-state index in [1.54, 1.807) is 42.3 Å². The Kier molecular flexibility index (Phi) is 10.1. The molecule has 0 saturated heterocycles. The average molecular weight is 666 g/mol. The summed E-state index contributed by atoms with van der Waals surface area (Å²) >= 11 is 13.5. The van der Waals surface area contributed by atoms with E-state index in [9.17, 15) is 9.59 Å². The zero-order chi connectivity index (χ0) is 33.0. The van der Waals surface area contributed by atoms with Crippen molar-refractivity contribution in [2.45, 2.75) is 19.5 Å². The molecule has 0 atom stereocenters. The summed E-state index contributed by atoms with van der Waals surface area (Å²) in [4.78, 5) is 41.2. The highest BCUT2D eigenvalue weighted by atomic mass is 35.5. The molecule has 4 aromatic rings. The van der Waals surface area contributed by atoms with Gasteiger partial charge in [-0.05, 0) is 31.3 Å². The molecule has 3 heterocycles. The number of benzene rings is 2. The fourth-order valence-corrected chi connectivity index (χ4v) is 5.68. The van der Waals surface area contributed by atoms with Crippen LogP contribution in [0.5, 0.6) is 11.5 Å². The second-order valence-electron chi connectivity index (χ2n) is 10.9. The molecule has 0 fully saturated rings. The molecule has 46 heavy (non-hydrogen) atoms. The summed E-state index contributed by atoms with van der Waals surface area (Å²) in [6.45, 7) is 0.889. The van der Waals surface area contributed by atoms with E-state index in [0.29, 0.717) is 35.2 Å². The normalized spacial score (nSPS) is 13.0. The Morgan fingerprint density at radius 3 is 2.46 bits per heavy atom. The Morgan fingerprint density at radius 2 is 1.80 bits per heavy atom. The van der Waals surface area contributed by atoms with Gasteiger partial charge < -0.3 is 19.7 Å². The number of halogens is 2. The van der Waals surface area contributed by atoms with Crippen LogP contribution < -0.4 is 24.6 Å². The smallest absolute Gasteiger partial charge is 0.330 e. The average Bonchev–Trinajstić information content (AvgIpc) is 3.43. The number of rotatable bonds is 12. The predicted molar refractivity (Wildman–Crippen MR) is 179 cm³/mol. The van der Waals surface area contributed by atoms with Crippen LogP contribution in [0.1, 0.15) is 16.7 Å². The molecule has 0 aliphatic carbocycles. The Hall–Kier alpha value is -4.65. The summed E-state index contributed by atoms with van der Waals surface area (Å²) < 4.78 is 12.6. The van der Waals surface area contributed by atoms with Gasteiger partial charge in [0, 0.05) is 50.1 Å². The van der Waals surface area contributed by atoms with Crippen molar-refractivity contribution in [1.82, 2.24) is 24.6 Å². The monoisotopic (exact) mass is 664 g/mol. The quantitative estimate of drug-likeness (QED) is 0.192. The molecule has 1 aliphatic rings. The highest BCUT2D eigenvalue weighted by Crippen LogP contribution is 2.48. The molecule has 1 aliphatic heterocycles. The Bertz CT molecular complexity index is 1760. The minimum absolute atomic E-state index is 0.0150. The number of aromatic nitrogens is 4. The van der Waals surface area contributed by atoms with E-state index in [0.717, 1.165) is 11.1 Å². The van der Waals surface area contributed by atoms with Crippen LogP contribution in [0.15, 0.2) is 60.9 Å². The van der Waals surface area contributed by atoms with Gasteiger partial charge in [-0.25, -0.2) is 9.78 Å². The van der Waals surface area contributed by atoms with Crippen LogP contribution >= 0.6 is 23.2 Å². The molecule has 0 bridgehead atoms. The molecule has 240 valence electrons. The van der Waals surface area contributed by atoms with E-state index in [2.05, 4.69) is 15.4 Å². The van der Waals surface area contributed by atoms with Crippen molar-refractivity contribution >= 4 is 58.3 Å². The number of hydrogen-bond acceptors (Lipinski definition) is 9. The second kappa shape index (κ2) is 14.2. The first-order valence-electron chi connectivity index (χ1n) is 14.3. The van der Waals surface area contributed by atoms with Crippen LogP contribution in [0, 0.1) is 0 Å². The van der Waals surface area contributed by atoms with E-state index in [1.807, 2.05) is 49.3 Å². The van der Waals surface area contributed by atoms with Crippen LogP contribution in [0.3, 0.4) is 0 Å². The van der Waals surface area contributed by atoms with E-state index in [4.69, 9.17) is 37.7 Å². The Morgan fingerprint density at radius 1 is 1.09 bits per heavy atom. The molecule has 0 radical (unpaired) electrons. The summed E-state index contributed by atoms with van der Waals surface area (Å²) in [7, 11) is 8.62. The van der Waals surface area contributed by atoms with Crippen molar-refractivity contribution in [2.75, 3.05) is 50.0 Å². The zero-order valence-corrected chi connectivity index (χ0v) is 27.6. The molecule has 2 amide bonds. The van der Waals surface area contributed by atoms with E-state index >= 15 is 0 Å². The molecule has 0 saturated carbocycles. The summed E-state index contributed by atoms with van der Waals surface area (Å²) in [5.41, 5.74) is 2.50. The number of nitrogens with one attached hydrogen (secondary N) is 1. The number of amides is 2. The maximum Gasteiger partial charge on any atom is 0.330 e. The third-order valence-electron chi connectivity index (χ3n) is 7.15. The summed E-state index contributed by atoms with van der Waals surface area (Å²) in [6.07, 6.45) is 7.10. The first-order chi connectivity index (χ1) is 22.1. The molecule has 14 heteroatoms. The zero-order valence-electron chi connectivity index (χ0n) is 26.1. The summed E-state index contributed by atoms with van der Waals surface area (Å²) in [5.74, 6) is 1.81. The lowest BCUT2D eigenvalue weighted by Gasteiger charge is -2.37. The van der Waals surface area contributed by atoms with Crippen LogP contribution in [-0.4, -0.2) is 71.3 Å². The van der Waals surface area contributed by atoms with Crippen LogP contribution in [0.4, 0.5) is 28.1 Å². The molecule has 5 rings (SSSR count). The van der Waals surface area contributed by atoms with E-state index in [-0.39, 0.29) is 47.0 Å². The van der Waals surface area contributed by atoms with Crippen LogP contribution in [0.25, 0.3) is 0 Å². The third kappa shape index (κ3) is 7.25. The van der Waals surface area contributed by atoms with Crippen LogP contribution in [-0.2, 0) is 31.4 Å². The van der Waals surface area contributed by atoms with Gasteiger partial charge in [0.1, 0.15) is 27.4 Å². The minimum atomic E-state index is -0.429. The molecule has 2 aromatic carbocycles. The number of carbonyl (C=O) groups is 2. The minimum Gasteiger partial charge on any atom is -0.495 e. The fourth-order valence-electron chi connectivity index (χ4n) is 4.98. The highest BCUT2D eigenvalue weighted by Gasteiger charge is 2.37. The van der Waals surface area contributed by atoms with Crippen molar-refractivity contribution in [2.24, 2.45) is 7.05 Å². The number of hydrogen-bond donors (Lipinski definition) is 1. The van der Waals surface area contributed by atoms with Gasteiger partial charge in [-0.2, -0.15) is 10.1 Å². The van der Waals surface area contributed by atoms with Gasteiger partial charge in [0.05, 0.1) is 33.0 Å². The molecule has 0 spiro atoms. The van der Waals surface area contributed by atoms with Gasteiger partial charge in [-0.15, -0.1) is 0 Å². The lowest BCUT2D eigenvalue weighted by molar-refractivity contribution is -0.114. The highest BCUT2D eigenvalue weighted by molar-refractivity contribution is 6.42. The Balaban J connectivity index is 1.52. The summed E-state index contributed by atoms with van der Waals surface area (Å²) in [6, 6.07) is 10.5. The van der Waals surface area contributed by atoms with Crippen LogP contribution in [0.2, 0.25) is 10.0 Å². The number of ether oxygens (including phenoxy) is 2. The molecule has 0 unspecified atom stereocenters. The van der Waals surface area contributed by atoms with Gasteiger partial charge in [0.15, 0.2) is 11.6 Å². The van der Waals surface area contributed by atoms with Crippen molar-refractivity contribution in [3.05, 3.63) is 87.7 Å². The second-order valence-corrected chi connectivity index (χ2v) is 11.6. The molecule has 12 nitrogen and oxygen atoms in total. The first kappa shape index (κ1) is 32.7. The van der Waals surface area contributed by atoms with Crippen molar-refractivity contribution < 1.29 is 19.1 Å². The van der Waals surface area contributed by atoms with Gasteiger partial charge in [0.25, 0.3) is 0 Å². The first-order valence-corrected chi connectivity index (χ1v) is 15.1. The SMILES string of the molecule is COc1cc(OC)c(Cl)c(N2Cc3cnc(Nc4ccn(C)n4)nc3N(Cc3cccc(CC(=O)/C=C/CN(C)C)c3)C2=O)c1Cl. The number of ketones is 1. The predicted octanol–water partition coefficient (Wildman–Crippen LogP) is 5.65. The number of anilines is 4. The maximum absolute atomic E-state index is 14.4. The van der Waals surface area contributed by atoms with E-state index < -0.39 is 6.03 Å². The lowest BCUT2D eigenvalue weighted by Crippen LogP contribution is -2.48. The number of urea groups is 1. The number of nitrogens with zero attached hydrogens (tertiary/aromatic N) is 7. The number of aryl methyl sites for hydroxylation is 1. The van der Waals surface area contributed by atoms with Gasteiger partial charge in [0.2, 0.25) is 5.95 Å². The molecular weight excluding hydrogens is 631 g/mol.